The van der Waals surface area contributed by atoms with Crippen LogP contribution in [0.3, 0.4) is 0 Å². The first-order valence-electron chi connectivity index (χ1n) is 9.93. The zero-order valence-corrected chi connectivity index (χ0v) is 17.0. The molecule has 1 aromatic carbocycles. The van der Waals surface area contributed by atoms with Gasteiger partial charge >= 0.3 is 0 Å². The molecule has 0 saturated carbocycles. The van der Waals surface area contributed by atoms with Gasteiger partial charge < -0.3 is 15.6 Å². The molecule has 2 amide bonds. The van der Waals surface area contributed by atoms with Crippen molar-refractivity contribution in [2.75, 3.05) is 5.32 Å². The summed E-state index contributed by atoms with van der Waals surface area (Å²) in [6, 6.07) is 8.88. The number of anilines is 1. The minimum atomic E-state index is -0.775. The molecular formula is C21H24N6O3. The molecule has 1 fully saturated rings. The summed E-state index contributed by atoms with van der Waals surface area (Å²) in [5.74, 6) is -1.32. The Morgan fingerprint density at radius 3 is 2.77 bits per heavy atom. The number of benzene rings is 1. The molecule has 9 nitrogen and oxygen atoms in total. The van der Waals surface area contributed by atoms with Gasteiger partial charge in [0.25, 0.3) is 11.7 Å². The third-order valence-electron chi connectivity index (χ3n) is 5.46. The van der Waals surface area contributed by atoms with Crippen molar-refractivity contribution in [2.24, 2.45) is 5.92 Å². The zero-order chi connectivity index (χ0) is 21.4. The van der Waals surface area contributed by atoms with Crippen molar-refractivity contribution >= 4 is 34.3 Å². The number of ketones is 1. The third-order valence-corrected chi connectivity index (χ3v) is 5.46. The molecule has 4 rings (SSSR count). The van der Waals surface area contributed by atoms with E-state index in [9.17, 15) is 14.4 Å². The first kappa shape index (κ1) is 19.8. The number of amides is 2. The fourth-order valence-electron chi connectivity index (χ4n) is 3.91. The summed E-state index contributed by atoms with van der Waals surface area (Å²) in [5, 5.41) is 13.9. The highest BCUT2D eigenvalue weighted by molar-refractivity contribution is 6.48. The second-order valence-corrected chi connectivity index (χ2v) is 7.53. The van der Waals surface area contributed by atoms with Crippen LogP contribution >= 0.6 is 0 Å². The lowest BCUT2D eigenvalue weighted by Crippen LogP contribution is -2.57. The average molecular weight is 408 g/mol. The Hall–Kier alpha value is -3.46. The van der Waals surface area contributed by atoms with Crippen molar-refractivity contribution in [1.82, 2.24) is 25.4 Å². The molecular weight excluding hydrogens is 384 g/mol. The van der Waals surface area contributed by atoms with E-state index in [-0.39, 0.29) is 17.9 Å². The molecule has 1 aliphatic heterocycles. The van der Waals surface area contributed by atoms with Gasteiger partial charge in [0.05, 0.1) is 17.2 Å². The monoisotopic (exact) mass is 408 g/mol. The van der Waals surface area contributed by atoms with Gasteiger partial charge in [-0.2, -0.15) is 5.10 Å². The number of para-hydroxylation sites is 1. The fourth-order valence-corrected chi connectivity index (χ4v) is 3.91. The summed E-state index contributed by atoms with van der Waals surface area (Å²) in [5.41, 5.74) is 1.73. The molecule has 1 saturated heterocycles. The van der Waals surface area contributed by atoms with Crippen LogP contribution < -0.4 is 16.0 Å². The summed E-state index contributed by atoms with van der Waals surface area (Å²) in [6.07, 6.45) is 1.63. The van der Waals surface area contributed by atoms with Gasteiger partial charge in [0.15, 0.2) is 6.29 Å². The molecule has 4 N–H and O–H groups in total. The number of carbonyl (C=O) groups excluding carboxylic acids is 3. The second-order valence-electron chi connectivity index (χ2n) is 7.53. The van der Waals surface area contributed by atoms with Crippen LogP contribution in [-0.2, 0) is 9.59 Å². The van der Waals surface area contributed by atoms with Crippen molar-refractivity contribution in [2.45, 2.75) is 39.5 Å². The molecule has 3 unspecified atom stereocenters. The van der Waals surface area contributed by atoms with Gasteiger partial charge in [0.2, 0.25) is 5.91 Å². The van der Waals surface area contributed by atoms with E-state index in [1.54, 1.807) is 19.1 Å². The van der Waals surface area contributed by atoms with Gasteiger partial charge in [-0.1, -0.05) is 25.1 Å². The van der Waals surface area contributed by atoms with E-state index in [0.29, 0.717) is 28.9 Å². The largest absolute Gasteiger partial charge is 0.360 e. The Labute approximate surface area is 173 Å². The molecule has 3 heterocycles. The van der Waals surface area contributed by atoms with E-state index in [0.717, 1.165) is 5.52 Å². The van der Waals surface area contributed by atoms with Gasteiger partial charge in [-0.3, -0.25) is 19.7 Å². The highest BCUT2D eigenvalue weighted by Crippen LogP contribution is 2.22. The molecule has 2 aromatic heterocycles. The molecule has 3 atom stereocenters. The second kappa shape index (κ2) is 7.75. The summed E-state index contributed by atoms with van der Waals surface area (Å²) in [6.45, 7) is 5.68. The number of aromatic nitrogens is 3. The van der Waals surface area contributed by atoms with Crippen LogP contribution in [0.5, 0.6) is 0 Å². The number of carbonyl (C=O) groups is 3. The number of Topliss-reactive ketones (excluding diaryl/α,β-unsaturated/α-hetero) is 1. The van der Waals surface area contributed by atoms with E-state index < -0.39 is 18.0 Å². The third kappa shape index (κ3) is 3.48. The summed E-state index contributed by atoms with van der Waals surface area (Å²) >= 11 is 0. The number of nitrogens with zero attached hydrogens (tertiary/aromatic N) is 2. The number of rotatable bonds is 5. The van der Waals surface area contributed by atoms with Crippen LogP contribution in [-0.4, -0.2) is 38.4 Å². The fraction of sp³-hybridized carbons (Fsp3) is 0.333. The van der Waals surface area contributed by atoms with Crippen LogP contribution in [0.15, 0.2) is 36.5 Å². The Morgan fingerprint density at radius 1 is 1.27 bits per heavy atom. The summed E-state index contributed by atoms with van der Waals surface area (Å²) < 4.78 is 1.48. The predicted molar refractivity (Wildman–Crippen MR) is 112 cm³/mol. The number of nitrogens with one attached hydrogen (secondary N) is 4. The standard InChI is InChI=1S/C21H24N6O3/c1-4-13-12(3)23-21(25-19(13)29)27-17(9-11(2)26-27)24-20(30)18(28)15-10-22-16-8-6-5-7-14(15)16/h5-10,12-13,21-23H,4H2,1-3H3,(H,24,30)(H,25,29). The minimum absolute atomic E-state index is 0.0605. The maximum absolute atomic E-state index is 12.8. The van der Waals surface area contributed by atoms with Crippen LogP contribution in [0.1, 0.15) is 42.6 Å². The van der Waals surface area contributed by atoms with E-state index in [1.165, 1.54) is 10.9 Å². The molecule has 30 heavy (non-hydrogen) atoms. The van der Waals surface area contributed by atoms with E-state index in [1.807, 2.05) is 32.0 Å². The van der Waals surface area contributed by atoms with Gasteiger partial charge in [-0.25, -0.2) is 4.68 Å². The number of aryl methyl sites for hydroxylation is 1. The summed E-state index contributed by atoms with van der Waals surface area (Å²) in [4.78, 5) is 40.9. The lowest BCUT2D eigenvalue weighted by Gasteiger charge is -2.35. The minimum Gasteiger partial charge on any atom is -0.360 e. The topological polar surface area (TPSA) is 121 Å². The van der Waals surface area contributed by atoms with E-state index >= 15 is 0 Å². The number of fused-ring (bicyclic) bond motifs is 1. The quantitative estimate of drug-likeness (QED) is 0.380. The van der Waals surface area contributed by atoms with Crippen molar-refractivity contribution in [3.63, 3.8) is 0 Å². The molecule has 156 valence electrons. The average Bonchev–Trinajstić information content (AvgIpc) is 3.30. The Morgan fingerprint density at radius 2 is 2.03 bits per heavy atom. The maximum atomic E-state index is 12.8. The molecule has 9 heteroatoms. The highest BCUT2D eigenvalue weighted by atomic mass is 16.2. The number of aromatic amines is 1. The lowest BCUT2D eigenvalue weighted by molar-refractivity contribution is -0.130. The SMILES string of the molecule is CCC1C(=O)NC(n2nc(C)cc2NC(=O)C(=O)c2c[nH]c3ccccc23)NC1C. The van der Waals surface area contributed by atoms with Gasteiger partial charge in [0.1, 0.15) is 5.82 Å². The van der Waals surface area contributed by atoms with Crippen molar-refractivity contribution in [3.05, 3.63) is 47.8 Å². The van der Waals surface area contributed by atoms with Crippen LogP contribution in [0, 0.1) is 12.8 Å². The Balaban J connectivity index is 1.56. The van der Waals surface area contributed by atoms with Gasteiger partial charge in [-0.05, 0) is 26.3 Å². The number of hydrogen-bond acceptors (Lipinski definition) is 5. The molecule has 0 spiro atoms. The molecule has 0 radical (unpaired) electrons. The first-order chi connectivity index (χ1) is 14.4. The van der Waals surface area contributed by atoms with Gasteiger partial charge in [-0.15, -0.1) is 0 Å². The smallest absolute Gasteiger partial charge is 0.297 e. The predicted octanol–water partition coefficient (Wildman–Crippen LogP) is 2.08. The Bertz CT molecular complexity index is 1130. The van der Waals surface area contributed by atoms with Crippen molar-refractivity contribution < 1.29 is 14.4 Å². The zero-order valence-electron chi connectivity index (χ0n) is 17.0. The number of hydrogen-bond donors (Lipinski definition) is 4. The normalized spacial score (nSPS) is 21.4. The van der Waals surface area contributed by atoms with E-state index in [4.69, 9.17) is 0 Å². The van der Waals surface area contributed by atoms with Gasteiger partial charge in [0, 0.05) is 29.2 Å². The first-order valence-corrected chi connectivity index (χ1v) is 9.93. The maximum Gasteiger partial charge on any atom is 0.297 e. The highest BCUT2D eigenvalue weighted by Gasteiger charge is 2.34. The molecule has 0 bridgehead atoms. The van der Waals surface area contributed by atoms with Crippen LogP contribution in [0.4, 0.5) is 5.82 Å². The Kier molecular flexibility index (Phi) is 5.13. The summed E-state index contributed by atoms with van der Waals surface area (Å²) in [7, 11) is 0. The van der Waals surface area contributed by atoms with Crippen molar-refractivity contribution in [3.8, 4) is 0 Å². The molecule has 3 aromatic rings. The van der Waals surface area contributed by atoms with E-state index in [2.05, 4.69) is 26.0 Å². The number of H-pyrrole nitrogens is 1. The van der Waals surface area contributed by atoms with Crippen LogP contribution in [0.2, 0.25) is 0 Å². The van der Waals surface area contributed by atoms with Crippen molar-refractivity contribution in [1.29, 1.82) is 0 Å². The molecule has 0 aliphatic carbocycles. The van der Waals surface area contributed by atoms with Crippen LogP contribution in [0.25, 0.3) is 10.9 Å². The molecule has 1 aliphatic rings. The lowest BCUT2D eigenvalue weighted by atomic mass is 9.95.